The zero-order chi connectivity index (χ0) is 21.8. The molecule has 2 fully saturated rings. The molecule has 0 aromatic carbocycles. The summed E-state index contributed by atoms with van der Waals surface area (Å²) in [5.41, 5.74) is 2.06. The van der Waals surface area contributed by atoms with Crippen molar-refractivity contribution in [1.82, 2.24) is 24.3 Å². The Hall–Kier alpha value is -2.72. The fourth-order valence-corrected chi connectivity index (χ4v) is 6.21. The summed E-state index contributed by atoms with van der Waals surface area (Å²) in [5.74, 6) is 1.33. The van der Waals surface area contributed by atoms with Gasteiger partial charge in [-0.2, -0.15) is 0 Å². The van der Waals surface area contributed by atoms with Crippen molar-refractivity contribution >= 4 is 26.8 Å². The number of pyridine rings is 1. The smallest absolute Gasteiger partial charge is 0.274 e. The van der Waals surface area contributed by atoms with Gasteiger partial charge in [-0.05, 0) is 38.6 Å². The number of carbonyl (C=O) groups excluding carboxylic acids is 1. The molecule has 3 aromatic rings. The van der Waals surface area contributed by atoms with Crippen LogP contribution in [0.4, 0.5) is 0 Å². The molecule has 5 rings (SSSR count). The van der Waals surface area contributed by atoms with Crippen LogP contribution in [0, 0.1) is 6.92 Å². The molecule has 164 valence electrons. The quantitative estimate of drug-likeness (QED) is 0.608. The average molecular weight is 444 g/mol. The minimum absolute atomic E-state index is 0.0828. The van der Waals surface area contributed by atoms with Crippen LogP contribution in [0.5, 0.6) is 0 Å². The number of likely N-dealkylation sites (N-methyl/N-ethyl adjacent to an activating group) is 1. The third-order valence-electron chi connectivity index (χ3n) is 6.19. The maximum atomic E-state index is 13.5. The summed E-state index contributed by atoms with van der Waals surface area (Å²) in [5, 5.41) is 0. The lowest BCUT2D eigenvalue weighted by Crippen LogP contribution is -2.47. The second-order valence-electron chi connectivity index (χ2n) is 8.38. The summed E-state index contributed by atoms with van der Waals surface area (Å²) in [4.78, 5) is 26.8. The summed E-state index contributed by atoms with van der Waals surface area (Å²) in [7, 11) is -1.03. The molecule has 2 saturated heterocycles. The van der Waals surface area contributed by atoms with E-state index in [4.69, 9.17) is 4.42 Å². The van der Waals surface area contributed by atoms with E-state index in [9.17, 15) is 13.2 Å². The fraction of sp³-hybridized carbons (Fsp3) is 0.476. The van der Waals surface area contributed by atoms with Crippen LogP contribution < -0.4 is 0 Å². The number of fused-ring (bicyclic) bond motifs is 1. The Bertz CT molecular complexity index is 1240. The molecule has 1 unspecified atom stereocenters. The van der Waals surface area contributed by atoms with Gasteiger partial charge >= 0.3 is 0 Å². The van der Waals surface area contributed by atoms with E-state index in [0.29, 0.717) is 42.3 Å². The van der Waals surface area contributed by atoms with E-state index < -0.39 is 9.84 Å². The van der Waals surface area contributed by atoms with Crippen molar-refractivity contribution < 1.29 is 17.6 Å². The largest absolute Gasteiger partial charge is 0.463 e. The van der Waals surface area contributed by atoms with E-state index in [2.05, 4.69) is 14.9 Å². The van der Waals surface area contributed by atoms with Crippen LogP contribution in [0.2, 0.25) is 0 Å². The van der Waals surface area contributed by atoms with Gasteiger partial charge in [0.25, 0.3) is 5.91 Å². The normalized spacial score (nSPS) is 21.7. The molecule has 1 atom stereocenters. The molecule has 5 heterocycles. The lowest BCUT2D eigenvalue weighted by atomic mass is 10.1. The fourth-order valence-electron chi connectivity index (χ4n) is 4.51. The molecule has 1 amide bonds. The highest BCUT2D eigenvalue weighted by atomic mass is 32.2. The Kier molecular flexibility index (Phi) is 4.86. The number of sulfone groups is 1. The van der Waals surface area contributed by atoms with Crippen molar-refractivity contribution in [2.45, 2.75) is 19.4 Å². The van der Waals surface area contributed by atoms with E-state index in [-0.39, 0.29) is 29.1 Å². The van der Waals surface area contributed by atoms with Gasteiger partial charge in [0.15, 0.2) is 21.3 Å². The first kappa shape index (κ1) is 20.2. The van der Waals surface area contributed by atoms with Gasteiger partial charge in [0.05, 0.1) is 29.3 Å². The number of rotatable bonds is 3. The first-order valence-corrected chi connectivity index (χ1v) is 12.3. The van der Waals surface area contributed by atoms with Gasteiger partial charge in [0.2, 0.25) is 0 Å². The predicted molar refractivity (Wildman–Crippen MR) is 116 cm³/mol. The van der Waals surface area contributed by atoms with Gasteiger partial charge in [-0.3, -0.25) is 4.79 Å². The summed E-state index contributed by atoms with van der Waals surface area (Å²) < 4.78 is 31.7. The van der Waals surface area contributed by atoms with Crippen molar-refractivity contribution in [3.63, 3.8) is 0 Å². The third-order valence-corrected chi connectivity index (χ3v) is 7.94. The number of carbonyl (C=O) groups is 1. The molecule has 0 bridgehead atoms. The Morgan fingerprint density at radius 3 is 2.61 bits per heavy atom. The lowest BCUT2D eigenvalue weighted by Gasteiger charge is -2.32. The molecule has 3 aromatic heterocycles. The topological polar surface area (TPSA) is 102 Å². The summed E-state index contributed by atoms with van der Waals surface area (Å²) in [6.07, 6.45) is 2.10. The van der Waals surface area contributed by atoms with Gasteiger partial charge in [-0.1, -0.05) is 0 Å². The Morgan fingerprint density at radius 1 is 1.19 bits per heavy atom. The molecule has 0 spiro atoms. The van der Waals surface area contributed by atoms with Crippen LogP contribution in [-0.2, 0) is 9.84 Å². The van der Waals surface area contributed by atoms with Gasteiger partial charge in [0, 0.05) is 26.2 Å². The number of aromatic nitrogens is 3. The molecule has 9 nitrogen and oxygen atoms in total. The second kappa shape index (κ2) is 7.45. The molecule has 2 aliphatic heterocycles. The molecule has 0 radical (unpaired) electrons. The zero-order valence-electron chi connectivity index (χ0n) is 17.6. The molecular weight excluding hydrogens is 418 g/mol. The van der Waals surface area contributed by atoms with E-state index in [1.807, 2.05) is 29.5 Å². The number of piperazine rings is 1. The maximum absolute atomic E-state index is 13.5. The second-order valence-corrected chi connectivity index (χ2v) is 10.6. The van der Waals surface area contributed by atoms with Crippen LogP contribution in [-0.4, -0.2) is 83.4 Å². The van der Waals surface area contributed by atoms with E-state index >= 15 is 0 Å². The molecule has 2 aliphatic rings. The van der Waals surface area contributed by atoms with E-state index in [1.54, 1.807) is 18.4 Å². The minimum Gasteiger partial charge on any atom is -0.463 e. The van der Waals surface area contributed by atoms with Crippen molar-refractivity contribution in [3.8, 4) is 11.5 Å². The highest BCUT2D eigenvalue weighted by Crippen LogP contribution is 2.33. The average Bonchev–Trinajstić information content (AvgIpc) is 3.45. The third kappa shape index (κ3) is 3.63. The van der Waals surface area contributed by atoms with Gasteiger partial charge < -0.3 is 18.8 Å². The Balaban J connectivity index is 1.66. The maximum Gasteiger partial charge on any atom is 0.274 e. The van der Waals surface area contributed by atoms with E-state index in [1.165, 1.54) is 0 Å². The molecular formula is C21H25N5O4S. The molecule has 31 heavy (non-hydrogen) atoms. The summed E-state index contributed by atoms with van der Waals surface area (Å²) in [6, 6.07) is 5.22. The van der Waals surface area contributed by atoms with Crippen molar-refractivity contribution in [3.05, 3.63) is 36.0 Å². The number of hydrogen-bond acceptors (Lipinski definition) is 7. The van der Waals surface area contributed by atoms with Crippen molar-refractivity contribution in [2.75, 3.05) is 44.7 Å². The number of aryl methyl sites for hydroxylation is 1. The van der Waals surface area contributed by atoms with Crippen molar-refractivity contribution in [1.29, 1.82) is 0 Å². The summed E-state index contributed by atoms with van der Waals surface area (Å²) in [6.45, 7) is 4.72. The molecule has 10 heteroatoms. The monoisotopic (exact) mass is 443 g/mol. The van der Waals surface area contributed by atoms with Crippen LogP contribution in [0.25, 0.3) is 22.5 Å². The summed E-state index contributed by atoms with van der Waals surface area (Å²) >= 11 is 0. The standard InChI is InChI=1S/C21H25N5O4S/c1-14-22-19-17(26(14)15-5-11-31(28,29)13-15)12-16(18-4-3-10-30-18)23-20(19)21(27)25-8-6-24(2)7-9-25/h3-4,10,12,15H,5-9,11,13H2,1-2H3. The predicted octanol–water partition coefficient (Wildman–Crippen LogP) is 1.75. The van der Waals surface area contributed by atoms with E-state index in [0.717, 1.165) is 18.6 Å². The first-order chi connectivity index (χ1) is 14.8. The minimum atomic E-state index is -3.07. The number of furan rings is 1. The van der Waals surface area contributed by atoms with Gasteiger partial charge in [-0.25, -0.2) is 18.4 Å². The molecule has 0 N–H and O–H groups in total. The van der Waals surface area contributed by atoms with Crippen LogP contribution in [0.3, 0.4) is 0 Å². The number of imidazole rings is 1. The molecule has 0 aliphatic carbocycles. The Labute approximate surface area is 180 Å². The van der Waals surface area contributed by atoms with Gasteiger partial charge in [0.1, 0.15) is 17.0 Å². The highest BCUT2D eigenvalue weighted by molar-refractivity contribution is 7.91. The van der Waals surface area contributed by atoms with Crippen molar-refractivity contribution in [2.24, 2.45) is 0 Å². The first-order valence-electron chi connectivity index (χ1n) is 10.4. The number of nitrogens with zero attached hydrogens (tertiary/aromatic N) is 5. The SMILES string of the molecule is Cc1nc2c(C(=O)N3CCN(C)CC3)nc(-c3ccco3)cc2n1C1CCS(=O)(=O)C1. The highest BCUT2D eigenvalue weighted by Gasteiger charge is 2.33. The Morgan fingerprint density at radius 2 is 1.97 bits per heavy atom. The molecule has 0 saturated carbocycles. The lowest BCUT2D eigenvalue weighted by molar-refractivity contribution is 0.0660. The zero-order valence-corrected chi connectivity index (χ0v) is 18.4. The number of amides is 1. The van der Waals surface area contributed by atoms with Gasteiger partial charge in [-0.15, -0.1) is 0 Å². The van der Waals surface area contributed by atoms with Crippen LogP contribution in [0.1, 0.15) is 28.8 Å². The van der Waals surface area contributed by atoms with Crippen LogP contribution >= 0.6 is 0 Å². The van der Waals surface area contributed by atoms with Crippen LogP contribution in [0.15, 0.2) is 28.9 Å². The number of hydrogen-bond donors (Lipinski definition) is 0.